The summed E-state index contributed by atoms with van der Waals surface area (Å²) >= 11 is 0. The third kappa shape index (κ3) is 5.46. The minimum Gasteiger partial charge on any atom is -0.478 e. The van der Waals surface area contributed by atoms with Gasteiger partial charge in [-0.1, -0.05) is 51.0 Å². The SMILES string of the molecule is CCCCCc1nc(C(CC)(OC)OC)nn1Cc1ccc(-c2ncccc2C(=O)O)cc1. The molecule has 0 spiro atoms. The molecule has 1 aromatic carbocycles. The van der Waals surface area contributed by atoms with E-state index in [4.69, 9.17) is 19.6 Å². The summed E-state index contributed by atoms with van der Waals surface area (Å²) in [5, 5.41) is 14.2. The standard InChI is InChI=1S/C25H32N4O4/c1-5-7-8-11-21-27-24(25(6-2,32-3)33-4)28-29(21)17-18-12-14-19(15-13-18)22-20(23(30)31)10-9-16-26-22/h9-10,12-16H,5-8,11,17H2,1-4H3,(H,30,31). The second-order valence-electron chi connectivity index (χ2n) is 7.88. The second-order valence-corrected chi connectivity index (χ2v) is 7.88. The molecule has 0 aliphatic carbocycles. The molecule has 2 aromatic heterocycles. The number of nitrogens with zero attached hydrogens (tertiary/aromatic N) is 4. The van der Waals surface area contributed by atoms with Crippen LogP contribution in [0, 0.1) is 0 Å². The molecule has 0 amide bonds. The average molecular weight is 453 g/mol. The van der Waals surface area contributed by atoms with Crippen LogP contribution >= 0.6 is 0 Å². The number of hydrogen-bond acceptors (Lipinski definition) is 6. The molecule has 0 radical (unpaired) electrons. The first-order valence-electron chi connectivity index (χ1n) is 11.3. The molecular weight excluding hydrogens is 420 g/mol. The molecule has 8 heteroatoms. The number of aryl methyl sites for hydroxylation is 1. The first kappa shape index (κ1) is 24.5. The van der Waals surface area contributed by atoms with Gasteiger partial charge in [-0.3, -0.25) is 4.98 Å². The molecule has 3 aromatic rings. The molecule has 176 valence electrons. The van der Waals surface area contributed by atoms with Gasteiger partial charge in [0.1, 0.15) is 5.82 Å². The number of ether oxygens (including phenoxy) is 2. The Morgan fingerprint density at radius 1 is 1.09 bits per heavy atom. The van der Waals surface area contributed by atoms with E-state index in [-0.39, 0.29) is 5.56 Å². The highest BCUT2D eigenvalue weighted by molar-refractivity contribution is 5.94. The predicted molar refractivity (Wildman–Crippen MR) is 125 cm³/mol. The normalized spacial score (nSPS) is 11.6. The Morgan fingerprint density at radius 2 is 1.82 bits per heavy atom. The molecule has 0 bridgehead atoms. The van der Waals surface area contributed by atoms with Gasteiger partial charge >= 0.3 is 5.97 Å². The van der Waals surface area contributed by atoms with Gasteiger partial charge in [-0.15, -0.1) is 5.10 Å². The topological polar surface area (TPSA) is 99.4 Å². The molecule has 2 heterocycles. The summed E-state index contributed by atoms with van der Waals surface area (Å²) in [7, 11) is 3.21. The zero-order valence-electron chi connectivity index (χ0n) is 19.7. The van der Waals surface area contributed by atoms with Crippen LogP contribution in [0.15, 0.2) is 42.6 Å². The van der Waals surface area contributed by atoms with Gasteiger partial charge in [0, 0.05) is 38.8 Å². The van der Waals surface area contributed by atoms with Gasteiger partial charge in [-0.05, 0) is 24.1 Å². The van der Waals surface area contributed by atoms with E-state index in [0.29, 0.717) is 24.5 Å². The Bertz CT molecular complexity index is 1050. The molecule has 0 aliphatic heterocycles. The van der Waals surface area contributed by atoms with E-state index in [9.17, 15) is 9.90 Å². The Morgan fingerprint density at radius 3 is 2.42 bits per heavy atom. The van der Waals surface area contributed by atoms with Crippen molar-refractivity contribution in [3.63, 3.8) is 0 Å². The summed E-state index contributed by atoms with van der Waals surface area (Å²) in [6, 6.07) is 10.9. The van der Waals surface area contributed by atoms with Crippen LogP contribution in [-0.4, -0.2) is 45.0 Å². The number of unbranched alkanes of at least 4 members (excludes halogenated alkanes) is 2. The molecule has 0 unspecified atom stereocenters. The van der Waals surface area contributed by atoms with Crippen molar-refractivity contribution in [2.24, 2.45) is 0 Å². The fourth-order valence-corrected chi connectivity index (χ4v) is 3.84. The van der Waals surface area contributed by atoms with E-state index in [1.54, 1.807) is 32.5 Å². The lowest BCUT2D eigenvalue weighted by atomic mass is 10.0. The first-order valence-corrected chi connectivity index (χ1v) is 11.3. The smallest absolute Gasteiger partial charge is 0.337 e. The van der Waals surface area contributed by atoms with Gasteiger partial charge in [0.15, 0.2) is 0 Å². The van der Waals surface area contributed by atoms with E-state index >= 15 is 0 Å². The van der Waals surface area contributed by atoms with Crippen molar-refractivity contribution in [3.8, 4) is 11.3 Å². The van der Waals surface area contributed by atoms with E-state index in [0.717, 1.165) is 42.6 Å². The van der Waals surface area contributed by atoms with Crippen LogP contribution in [0.25, 0.3) is 11.3 Å². The molecule has 0 fully saturated rings. The third-order valence-corrected chi connectivity index (χ3v) is 5.82. The zero-order chi connectivity index (χ0) is 23.8. The Labute approximate surface area is 194 Å². The predicted octanol–water partition coefficient (Wildman–Crippen LogP) is 4.67. The summed E-state index contributed by atoms with van der Waals surface area (Å²) in [5.74, 6) is -0.546. The summed E-state index contributed by atoms with van der Waals surface area (Å²) in [5.41, 5.74) is 2.41. The van der Waals surface area contributed by atoms with Crippen molar-refractivity contribution in [2.75, 3.05) is 14.2 Å². The summed E-state index contributed by atoms with van der Waals surface area (Å²) in [6.07, 6.45) is 6.29. The maximum atomic E-state index is 11.5. The number of carboxylic acid groups (broad SMARTS) is 1. The number of carbonyl (C=O) groups is 1. The molecule has 0 atom stereocenters. The lowest BCUT2D eigenvalue weighted by Gasteiger charge is -2.26. The largest absolute Gasteiger partial charge is 0.478 e. The molecule has 3 rings (SSSR count). The Balaban J connectivity index is 1.89. The van der Waals surface area contributed by atoms with Crippen molar-refractivity contribution >= 4 is 5.97 Å². The number of aromatic carboxylic acids is 1. The lowest BCUT2D eigenvalue weighted by molar-refractivity contribution is -0.222. The number of rotatable bonds is 12. The molecule has 8 nitrogen and oxygen atoms in total. The highest BCUT2D eigenvalue weighted by Crippen LogP contribution is 2.28. The van der Waals surface area contributed by atoms with Gasteiger partial charge in [0.05, 0.1) is 17.8 Å². The number of carboxylic acids is 1. The fraction of sp³-hybridized carbons (Fsp3) is 0.440. The second kappa shape index (κ2) is 11.2. The minimum absolute atomic E-state index is 0.180. The molecule has 0 saturated heterocycles. The fourth-order valence-electron chi connectivity index (χ4n) is 3.84. The van der Waals surface area contributed by atoms with Gasteiger partial charge in [0.2, 0.25) is 11.6 Å². The summed E-state index contributed by atoms with van der Waals surface area (Å²) in [6.45, 7) is 4.69. The van der Waals surface area contributed by atoms with Crippen LogP contribution in [-0.2, 0) is 28.2 Å². The molecule has 0 aliphatic rings. The first-order chi connectivity index (χ1) is 16.0. The molecule has 0 saturated carbocycles. The molecular formula is C25H32N4O4. The lowest BCUT2D eigenvalue weighted by Crippen LogP contribution is -2.31. The number of pyridine rings is 1. The van der Waals surface area contributed by atoms with Crippen LogP contribution in [0.4, 0.5) is 0 Å². The summed E-state index contributed by atoms with van der Waals surface area (Å²) < 4.78 is 13.2. The van der Waals surface area contributed by atoms with Crippen molar-refractivity contribution < 1.29 is 19.4 Å². The van der Waals surface area contributed by atoms with Crippen molar-refractivity contribution in [2.45, 2.75) is 58.3 Å². The van der Waals surface area contributed by atoms with E-state index in [1.807, 2.05) is 35.9 Å². The number of methoxy groups -OCH3 is 2. The van der Waals surface area contributed by atoms with Gasteiger partial charge < -0.3 is 14.6 Å². The van der Waals surface area contributed by atoms with Crippen LogP contribution in [0.5, 0.6) is 0 Å². The van der Waals surface area contributed by atoms with E-state index in [1.165, 1.54) is 0 Å². The van der Waals surface area contributed by atoms with Gasteiger partial charge in [-0.25, -0.2) is 14.5 Å². The van der Waals surface area contributed by atoms with Gasteiger partial charge in [-0.2, -0.15) is 0 Å². The zero-order valence-corrected chi connectivity index (χ0v) is 19.7. The Hall–Kier alpha value is -3.10. The van der Waals surface area contributed by atoms with Crippen LogP contribution in [0.3, 0.4) is 0 Å². The van der Waals surface area contributed by atoms with Crippen LogP contribution in [0.1, 0.15) is 67.1 Å². The Kier molecular flexibility index (Phi) is 8.30. The number of benzene rings is 1. The van der Waals surface area contributed by atoms with E-state index < -0.39 is 11.8 Å². The highest BCUT2D eigenvalue weighted by Gasteiger charge is 2.35. The highest BCUT2D eigenvalue weighted by atomic mass is 16.7. The average Bonchev–Trinajstić information content (AvgIpc) is 3.24. The van der Waals surface area contributed by atoms with Crippen LogP contribution in [0.2, 0.25) is 0 Å². The number of aromatic nitrogens is 4. The maximum Gasteiger partial charge on any atom is 0.337 e. The number of hydrogen-bond donors (Lipinski definition) is 1. The van der Waals surface area contributed by atoms with Crippen molar-refractivity contribution in [3.05, 3.63) is 65.4 Å². The monoisotopic (exact) mass is 452 g/mol. The molecule has 33 heavy (non-hydrogen) atoms. The van der Waals surface area contributed by atoms with Crippen molar-refractivity contribution in [1.29, 1.82) is 0 Å². The van der Waals surface area contributed by atoms with E-state index in [2.05, 4.69) is 11.9 Å². The maximum absolute atomic E-state index is 11.5. The van der Waals surface area contributed by atoms with Gasteiger partial charge in [0.25, 0.3) is 0 Å². The minimum atomic E-state index is -0.996. The summed E-state index contributed by atoms with van der Waals surface area (Å²) in [4.78, 5) is 20.6. The third-order valence-electron chi connectivity index (χ3n) is 5.82. The molecule has 1 N–H and O–H groups in total. The van der Waals surface area contributed by atoms with Crippen molar-refractivity contribution in [1.82, 2.24) is 19.7 Å². The van der Waals surface area contributed by atoms with Crippen LogP contribution < -0.4 is 0 Å². The quantitative estimate of drug-likeness (QED) is 0.315.